The first kappa shape index (κ1) is 20.6. The number of aromatic amines is 1. The van der Waals surface area contributed by atoms with E-state index in [1.165, 1.54) is 28.7 Å². The molecule has 2 heterocycles. The molecule has 0 aliphatic heterocycles. The summed E-state index contributed by atoms with van der Waals surface area (Å²) in [4.78, 5) is 34.1. The van der Waals surface area contributed by atoms with E-state index < -0.39 is 0 Å². The maximum absolute atomic E-state index is 12.4. The molecule has 7 heteroatoms. The van der Waals surface area contributed by atoms with Crippen LogP contribution in [0.1, 0.15) is 41.6 Å². The first-order valence-corrected chi connectivity index (χ1v) is 11.2. The minimum atomic E-state index is -0.226. The molecular formula is C21H25N3O2S2. The van der Waals surface area contributed by atoms with E-state index in [0.29, 0.717) is 23.5 Å². The second kappa shape index (κ2) is 8.92. The molecule has 2 N–H and O–H groups in total. The Hall–Kier alpha value is -2.12. The largest absolute Gasteiger partial charge is 0.355 e. The molecule has 28 heavy (non-hydrogen) atoms. The molecule has 3 rings (SSSR count). The first-order valence-electron chi connectivity index (χ1n) is 9.30. The van der Waals surface area contributed by atoms with Gasteiger partial charge in [0.25, 0.3) is 5.56 Å². The van der Waals surface area contributed by atoms with Crippen LogP contribution in [0.4, 0.5) is 0 Å². The summed E-state index contributed by atoms with van der Waals surface area (Å²) in [6, 6.07) is 10.1. The summed E-state index contributed by atoms with van der Waals surface area (Å²) in [5, 5.41) is 3.47. The van der Waals surface area contributed by atoms with Crippen molar-refractivity contribution in [1.82, 2.24) is 15.3 Å². The Morgan fingerprint density at radius 1 is 1.25 bits per heavy atom. The first-order chi connectivity index (χ1) is 13.4. The molecule has 0 radical (unpaired) electrons. The van der Waals surface area contributed by atoms with Gasteiger partial charge in [0.2, 0.25) is 5.91 Å². The number of hydrogen-bond acceptors (Lipinski definition) is 5. The molecule has 5 nitrogen and oxygen atoms in total. The third kappa shape index (κ3) is 4.64. The van der Waals surface area contributed by atoms with Crippen molar-refractivity contribution in [3.8, 4) is 0 Å². The number of amides is 1. The summed E-state index contributed by atoms with van der Waals surface area (Å²) in [5.41, 5.74) is 2.10. The Balaban J connectivity index is 1.56. The summed E-state index contributed by atoms with van der Waals surface area (Å²) < 4.78 is 0. The number of nitrogens with one attached hydrogen (secondary N) is 2. The number of carbonyl (C=O) groups is 1. The highest BCUT2D eigenvalue weighted by atomic mass is 32.2. The van der Waals surface area contributed by atoms with Crippen molar-refractivity contribution in [2.24, 2.45) is 0 Å². The molecule has 148 valence electrons. The molecule has 0 aliphatic carbocycles. The fourth-order valence-electron chi connectivity index (χ4n) is 2.94. The van der Waals surface area contributed by atoms with Crippen LogP contribution in [-0.2, 0) is 10.5 Å². The second-order valence-corrected chi connectivity index (χ2v) is 9.52. The molecular weight excluding hydrogens is 390 g/mol. The highest BCUT2D eigenvalue weighted by Crippen LogP contribution is 2.26. The van der Waals surface area contributed by atoms with Crippen molar-refractivity contribution < 1.29 is 4.79 Å². The van der Waals surface area contributed by atoms with Crippen LogP contribution >= 0.6 is 23.1 Å². The number of thioether (sulfide) groups is 1. The number of rotatable bonds is 7. The van der Waals surface area contributed by atoms with Gasteiger partial charge >= 0.3 is 0 Å². The smallest absolute Gasteiger partial charge is 0.259 e. The van der Waals surface area contributed by atoms with E-state index in [1.54, 1.807) is 0 Å². The van der Waals surface area contributed by atoms with E-state index in [4.69, 9.17) is 0 Å². The number of nitrogens with zero attached hydrogens (tertiary/aromatic N) is 1. The Morgan fingerprint density at radius 2 is 1.96 bits per heavy atom. The Labute approximate surface area is 173 Å². The van der Waals surface area contributed by atoms with E-state index in [2.05, 4.69) is 34.3 Å². The zero-order valence-electron chi connectivity index (χ0n) is 16.5. The summed E-state index contributed by atoms with van der Waals surface area (Å²) >= 11 is 3.01. The van der Waals surface area contributed by atoms with Crippen LogP contribution in [-0.4, -0.2) is 27.7 Å². The van der Waals surface area contributed by atoms with Crippen molar-refractivity contribution in [3.63, 3.8) is 0 Å². The van der Waals surface area contributed by atoms with Gasteiger partial charge in [0, 0.05) is 11.4 Å². The lowest BCUT2D eigenvalue weighted by Crippen LogP contribution is -2.33. The van der Waals surface area contributed by atoms with Crippen LogP contribution in [0, 0.1) is 13.8 Å². The number of benzene rings is 1. The molecule has 0 bridgehead atoms. The van der Waals surface area contributed by atoms with Gasteiger partial charge in [0.05, 0.1) is 16.4 Å². The number of H-pyrrole nitrogens is 1. The summed E-state index contributed by atoms with van der Waals surface area (Å²) in [6.45, 7) is 8.52. The standard InChI is InChI=1S/C21H25N3O2S2/c1-12(16-8-6-5-7-9-16)10-22-19(25)15(4)27-11-17-23-20(26)18-13(2)14(3)28-21(18)24-17/h5-9,12,15H,10-11H2,1-4H3,(H,22,25)(H,23,24,26). The highest BCUT2D eigenvalue weighted by Gasteiger charge is 2.17. The van der Waals surface area contributed by atoms with Gasteiger partial charge in [-0.3, -0.25) is 9.59 Å². The lowest BCUT2D eigenvalue weighted by atomic mass is 10.0. The van der Waals surface area contributed by atoms with Crippen LogP contribution in [0.2, 0.25) is 0 Å². The monoisotopic (exact) mass is 415 g/mol. The number of aryl methyl sites for hydroxylation is 2. The molecule has 0 fully saturated rings. The minimum Gasteiger partial charge on any atom is -0.355 e. The molecule has 1 amide bonds. The molecule has 1 aromatic carbocycles. The lowest BCUT2D eigenvalue weighted by Gasteiger charge is -2.16. The zero-order chi connectivity index (χ0) is 20.3. The van der Waals surface area contributed by atoms with E-state index in [1.807, 2.05) is 39.0 Å². The van der Waals surface area contributed by atoms with Crippen LogP contribution in [0.3, 0.4) is 0 Å². The van der Waals surface area contributed by atoms with Crippen LogP contribution in [0.5, 0.6) is 0 Å². The quantitative estimate of drug-likeness (QED) is 0.608. The number of thiophene rings is 1. The van der Waals surface area contributed by atoms with Crippen molar-refractivity contribution in [2.75, 3.05) is 6.54 Å². The van der Waals surface area contributed by atoms with E-state index >= 15 is 0 Å². The third-order valence-electron chi connectivity index (χ3n) is 4.88. The fourth-order valence-corrected chi connectivity index (χ4v) is 4.77. The molecule has 0 saturated carbocycles. The topological polar surface area (TPSA) is 74.8 Å². The van der Waals surface area contributed by atoms with E-state index in [-0.39, 0.29) is 22.6 Å². The van der Waals surface area contributed by atoms with Crippen molar-refractivity contribution in [1.29, 1.82) is 0 Å². The summed E-state index contributed by atoms with van der Waals surface area (Å²) in [7, 11) is 0. The SMILES string of the molecule is Cc1sc2nc(CSC(C)C(=O)NCC(C)c3ccccc3)[nH]c(=O)c2c1C. The molecule has 2 atom stereocenters. The zero-order valence-corrected chi connectivity index (χ0v) is 18.2. The predicted octanol–water partition coefficient (Wildman–Crippen LogP) is 4.14. The summed E-state index contributed by atoms with van der Waals surface area (Å²) in [5.74, 6) is 1.36. The van der Waals surface area contributed by atoms with Gasteiger partial charge < -0.3 is 10.3 Å². The average molecular weight is 416 g/mol. The van der Waals surface area contributed by atoms with E-state index in [0.717, 1.165) is 15.3 Å². The van der Waals surface area contributed by atoms with E-state index in [9.17, 15) is 9.59 Å². The van der Waals surface area contributed by atoms with Gasteiger partial charge in [-0.2, -0.15) is 0 Å². The maximum Gasteiger partial charge on any atom is 0.259 e. The maximum atomic E-state index is 12.4. The van der Waals surface area contributed by atoms with Crippen molar-refractivity contribution in [2.45, 2.75) is 44.6 Å². The average Bonchev–Trinajstić information content (AvgIpc) is 2.98. The van der Waals surface area contributed by atoms with Crippen molar-refractivity contribution in [3.05, 3.63) is 62.5 Å². The van der Waals surface area contributed by atoms with Gasteiger partial charge in [0.1, 0.15) is 10.7 Å². The minimum absolute atomic E-state index is 0.000909. The fraction of sp³-hybridized carbons (Fsp3) is 0.381. The van der Waals surface area contributed by atoms with Gasteiger partial charge in [0.15, 0.2) is 0 Å². The lowest BCUT2D eigenvalue weighted by molar-refractivity contribution is -0.120. The molecule has 2 aromatic heterocycles. The van der Waals surface area contributed by atoms with Gasteiger partial charge in [-0.05, 0) is 37.8 Å². The third-order valence-corrected chi connectivity index (χ3v) is 7.13. The predicted molar refractivity (Wildman–Crippen MR) is 118 cm³/mol. The Kier molecular flexibility index (Phi) is 6.57. The molecule has 2 unspecified atom stereocenters. The molecule has 0 aliphatic rings. The highest BCUT2D eigenvalue weighted by molar-refractivity contribution is 7.99. The number of aromatic nitrogens is 2. The van der Waals surface area contributed by atoms with Crippen LogP contribution < -0.4 is 10.9 Å². The van der Waals surface area contributed by atoms with Crippen molar-refractivity contribution >= 4 is 39.2 Å². The Bertz CT molecular complexity index is 1030. The van der Waals surface area contributed by atoms with Gasteiger partial charge in [-0.15, -0.1) is 23.1 Å². The molecule has 0 saturated heterocycles. The van der Waals surface area contributed by atoms with Crippen LogP contribution in [0.25, 0.3) is 10.2 Å². The number of fused-ring (bicyclic) bond motifs is 1. The normalized spacial score (nSPS) is 13.4. The second-order valence-electron chi connectivity index (χ2n) is 6.99. The number of carbonyl (C=O) groups excluding carboxylic acids is 1. The molecule has 0 spiro atoms. The Morgan fingerprint density at radius 3 is 2.68 bits per heavy atom. The van der Waals surface area contributed by atoms with Gasteiger partial charge in [-0.25, -0.2) is 4.98 Å². The van der Waals surface area contributed by atoms with Crippen LogP contribution in [0.15, 0.2) is 35.1 Å². The molecule has 3 aromatic rings. The van der Waals surface area contributed by atoms with Gasteiger partial charge in [-0.1, -0.05) is 37.3 Å². The number of hydrogen-bond donors (Lipinski definition) is 2. The summed E-state index contributed by atoms with van der Waals surface area (Å²) in [6.07, 6.45) is 0.